The molecule has 20 heavy (non-hydrogen) atoms. The Kier molecular flexibility index (Phi) is 3.67. The second kappa shape index (κ2) is 5.46. The van der Waals surface area contributed by atoms with Crippen LogP contribution < -0.4 is 11.1 Å². The Balaban J connectivity index is 1.78. The molecule has 0 aliphatic carbocycles. The van der Waals surface area contributed by atoms with E-state index in [0.717, 1.165) is 28.4 Å². The van der Waals surface area contributed by atoms with E-state index in [1.54, 1.807) is 23.6 Å². The van der Waals surface area contributed by atoms with Crippen LogP contribution in [0.25, 0.3) is 0 Å². The fourth-order valence-electron chi connectivity index (χ4n) is 2.07. The molecule has 2 aromatic rings. The molecule has 0 fully saturated rings. The summed E-state index contributed by atoms with van der Waals surface area (Å²) in [6.07, 6.45) is 2.64. The van der Waals surface area contributed by atoms with Gasteiger partial charge < -0.3 is 11.1 Å². The number of aryl methyl sites for hydroxylation is 2. The lowest BCUT2D eigenvalue weighted by atomic mass is 10.2. The number of aromatic nitrogens is 1. The number of thioether (sulfide) groups is 1. The van der Waals surface area contributed by atoms with Gasteiger partial charge in [0.1, 0.15) is 5.82 Å². The summed E-state index contributed by atoms with van der Waals surface area (Å²) in [5.41, 5.74) is 8.57. The van der Waals surface area contributed by atoms with Crippen LogP contribution in [0.4, 0.5) is 11.5 Å². The fourth-order valence-corrected chi connectivity index (χ4v) is 4.34. The summed E-state index contributed by atoms with van der Waals surface area (Å²) < 4.78 is 0. The van der Waals surface area contributed by atoms with Crippen molar-refractivity contribution in [1.29, 1.82) is 0 Å². The van der Waals surface area contributed by atoms with Crippen LogP contribution in [0.2, 0.25) is 0 Å². The van der Waals surface area contributed by atoms with Gasteiger partial charge in [0, 0.05) is 10.6 Å². The normalized spacial score (nSPS) is 13.8. The van der Waals surface area contributed by atoms with Gasteiger partial charge in [-0.05, 0) is 42.4 Å². The summed E-state index contributed by atoms with van der Waals surface area (Å²) >= 11 is 3.51. The molecule has 0 saturated carbocycles. The average Bonchev–Trinajstić information content (AvgIpc) is 2.87. The van der Waals surface area contributed by atoms with Crippen molar-refractivity contribution >= 4 is 40.5 Å². The van der Waals surface area contributed by atoms with Crippen molar-refractivity contribution in [1.82, 2.24) is 4.98 Å². The third-order valence-electron chi connectivity index (χ3n) is 3.24. The van der Waals surface area contributed by atoms with Gasteiger partial charge in [0.15, 0.2) is 0 Å². The third-order valence-corrected chi connectivity index (χ3v) is 5.49. The molecule has 1 amide bonds. The first-order chi connectivity index (χ1) is 9.63. The fraction of sp³-hybridized carbons (Fsp3) is 0.286. The Labute approximate surface area is 125 Å². The van der Waals surface area contributed by atoms with Crippen LogP contribution in [0.15, 0.2) is 18.3 Å². The lowest BCUT2D eigenvalue weighted by molar-refractivity contribution is 0.103. The van der Waals surface area contributed by atoms with E-state index in [0.29, 0.717) is 11.5 Å². The zero-order valence-corrected chi connectivity index (χ0v) is 12.7. The van der Waals surface area contributed by atoms with Crippen LogP contribution in [0.5, 0.6) is 0 Å². The van der Waals surface area contributed by atoms with Crippen molar-refractivity contribution in [3.05, 3.63) is 39.2 Å². The standard InChI is InChI=1S/C14H15N3OS2/c1-8-4-13(16-6-10(8)15)17-14(18)12-5-9-7-19-3-2-11(9)20-12/h4-6H,2-3,7,15H2,1H3,(H,16,17,18). The van der Waals surface area contributed by atoms with Gasteiger partial charge in [0.05, 0.1) is 16.8 Å². The van der Waals surface area contributed by atoms with Gasteiger partial charge in [0.25, 0.3) is 5.91 Å². The molecule has 0 saturated heterocycles. The molecule has 104 valence electrons. The number of nitrogens with zero attached hydrogens (tertiary/aromatic N) is 1. The van der Waals surface area contributed by atoms with Crippen LogP contribution in [0, 0.1) is 6.92 Å². The van der Waals surface area contributed by atoms with Crippen LogP contribution in [-0.2, 0) is 12.2 Å². The van der Waals surface area contributed by atoms with Crippen LogP contribution in [0.3, 0.4) is 0 Å². The Bertz CT molecular complexity index is 643. The molecular formula is C14H15N3OS2. The zero-order chi connectivity index (χ0) is 14.1. The number of anilines is 2. The lowest BCUT2D eigenvalue weighted by Gasteiger charge is -2.08. The molecule has 0 bridgehead atoms. The van der Waals surface area contributed by atoms with Crippen LogP contribution in [-0.4, -0.2) is 16.6 Å². The van der Waals surface area contributed by atoms with Crippen LogP contribution in [0.1, 0.15) is 25.7 Å². The number of pyridine rings is 1. The van der Waals surface area contributed by atoms with E-state index >= 15 is 0 Å². The lowest BCUT2D eigenvalue weighted by Crippen LogP contribution is -2.11. The highest BCUT2D eigenvalue weighted by atomic mass is 32.2. The maximum atomic E-state index is 12.2. The average molecular weight is 305 g/mol. The van der Waals surface area contributed by atoms with E-state index in [1.807, 2.05) is 24.8 Å². The molecule has 1 aliphatic heterocycles. The molecule has 3 rings (SSSR count). The van der Waals surface area contributed by atoms with Crippen molar-refractivity contribution in [2.24, 2.45) is 0 Å². The molecule has 3 N–H and O–H groups in total. The second-order valence-electron chi connectivity index (χ2n) is 4.74. The smallest absolute Gasteiger partial charge is 0.266 e. The second-order valence-corrected chi connectivity index (χ2v) is 6.98. The Morgan fingerprint density at radius 1 is 1.45 bits per heavy atom. The number of hydrogen-bond acceptors (Lipinski definition) is 5. The summed E-state index contributed by atoms with van der Waals surface area (Å²) in [4.78, 5) is 18.5. The molecule has 0 radical (unpaired) electrons. The highest BCUT2D eigenvalue weighted by Crippen LogP contribution is 2.32. The predicted molar refractivity (Wildman–Crippen MR) is 85.5 cm³/mol. The molecule has 6 heteroatoms. The summed E-state index contributed by atoms with van der Waals surface area (Å²) in [6.45, 7) is 1.90. The monoisotopic (exact) mass is 305 g/mol. The van der Waals surface area contributed by atoms with Crippen LogP contribution >= 0.6 is 23.1 Å². The maximum absolute atomic E-state index is 12.2. The third kappa shape index (κ3) is 2.66. The quantitative estimate of drug-likeness (QED) is 0.894. The van der Waals surface area contributed by atoms with Gasteiger partial charge in [-0.3, -0.25) is 4.79 Å². The molecule has 0 spiro atoms. The van der Waals surface area contributed by atoms with Gasteiger partial charge in [-0.1, -0.05) is 0 Å². The van der Waals surface area contributed by atoms with Gasteiger partial charge >= 0.3 is 0 Å². The molecular weight excluding hydrogens is 290 g/mol. The SMILES string of the molecule is Cc1cc(NC(=O)c2cc3c(s2)CCSC3)ncc1N. The Hall–Kier alpha value is -1.53. The molecule has 0 atom stereocenters. The molecule has 2 aromatic heterocycles. The highest BCUT2D eigenvalue weighted by molar-refractivity contribution is 7.98. The number of nitrogens with one attached hydrogen (secondary N) is 1. The Morgan fingerprint density at radius 2 is 2.30 bits per heavy atom. The van der Waals surface area contributed by atoms with Gasteiger partial charge in [-0.2, -0.15) is 11.8 Å². The molecule has 0 aromatic carbocycles. The first kappa shape index (κ1) is 13.5. The number of hydrogen-bond donors (Lipinski definition) is 2. The number of carbonyl (C=O) groups is 1. The summed E-state index contributed by atoms with van der Waals surface area (Å²) in [5.74, 6) is 2.61. The summed E-state index contributed by atoms with van der Waals surface area (Å²) in [6, 6.07) is 3.79. The first-order valence-corrected chi connectivity index (χ1v) is 8.33. The number of fused-ring (bicyclic) bond motifs is 1. The van der Waals surface area contributed by atoms with E-state index in [2.05, 4.69) is 10.3 Å². The van der Waals surface area contributed by atoms with Crippen molar-refractivity contribution in [2.45, 2.75) is 19.1 Å². The minimum Gasteiger partial charge on any atom is -0.397 e. The first-order valence-electron chi connectivity index (χ1n) is 6.36. The van der Waals surface area contributed by atoms with Crippen molar-refractivity contribution < 1.29 is 4.79 Å². The largest absolute Gasteiger partial charge is 0.397 e. The number of thiophene rings is 1. The molecule has 0 unspecified atom stereocenters. The molecule has 1 aliphatic rings. The predicted octanol–water partition coefficient (Wildman–Crippen LogP) is 3.08. The van der Waals surface area contributed by atoms with Crippen molar-refractivity contribution in [3.8, 4) is 0 Å². The summed E-state index contributed by atoms with van der Waals surface area (Å²) in [5, 5.41) is 2.83. The van der Waals surface area contributed by atoms with Crippen molar-refractivity contribution in [2.75, 3.05) is 16.8 Å². The van der Waals surface area contributed by atoms with Gasteiger partial charge in [-0.25, -0.2) is 4.98 Å². The maximum Gasteiger partial charge on any atom is 0.266 e. The van der Waals surface area contributed by atoms with Crippen molar-refractivity contribution in [3.63, 3.8) is 0 Å². The summed E-state index contributed by atoms with van der Waals surface area (Å²) in [7, 11) is 0. The molecule has 4 nitrogen and oxygen atoms in total. The van der Waals surface area contributed by atoms with E-state index in [-0.39, 0.29) is 5.91 Å². The van der Waals surface area contributed by atoms with E-state index < -0.39 is 0 Å². The number of amides is 1. The highest BCUT2D eigenvalue weighted by Gasteiger charge is 2.17. The molecule has 3 heterocycles. The van der Waals surface area contributed by atoms with E-state index in [4.69, 9.17) is 5.73 Å². The number of carbonyl (C=O) groups excluding carboxylic acids is 1. The number of nitrogens with two attached hydrogens (primary N) is 1. The number of nitrogen functional groups attached to an aromatic ring is 1. The zero-order valence-electron chi connectivity index (χ0n) is 11.1. The van der Waals surface area contributed by atoms with E-state index in [9.17, 15) is 4.79 Å². The minimum absolute atomic E-state index is 0.0916. The Morgan fingerprint density at radius 3 is 3.05 bits per heavy atom. The van der Waals surface area contributed by atoms with E-state index in [1.165, 1.54) is 10.4 Å². The minimum atomic E-state index is -0.0916. The van der Waals surface area contributed by atoms with Gasteiger partial charge in [-0.15, -0.1) is 11.3 Å². The topological polar surface area (TPSA) is 68.0 Å². The number of rotatable bonds is 2. The van der Waals surface area contributed by atoms with Gasteiger partial charge in [0.2, 0.25) is 0 Å².